The van der Waals surface area contributed by atoms with Crippen LogP contribution >= 0.6 is 0 Å². The number of carbonyl (C=O) groups is 2. The molecule has 2 atom stereocenters. The van der Waals surface area contributed by atoms with E-state index in [-0.39, 0.29) is 17.9 Å². The Morgan fingerprint density at radius 3 is 2.04 bits per heavy atom. The first-order valence-electron chi connectivity index (χ1n) is 8.88. The van der Waals surface area contributed by atoms with Gasteiger partial charge in [0.1, 0.15) is 17.5 Å². The zero-order valence-corrected chi connectivity index (χ0v) is 16.1. The third-order valence-corrected chi connectivity index (χ3v) is 4.15. The Hall–Kier alpha value is -3.02. The fourth-order valence-corrected chi connectivity index (χ4v) is 2.57. The van der Waals surface area contributed by atoms with Crippen molar-refractivity contribution in [1.82, 2.24) is 10.6 Å². The molecule has 0 aliphatic heterocycles. The quantitative estimate of drug-likeness (QED) is 0.779. The van der Waals surface area contributed by atoms with E-state index >= 15 is 0 Å². The summed E-state index contributed by atoms with van der Waals surface area (Å²) in [5, 5.41) is 5.58. The number of ether oxygens (including phenoxy) is 2. The molecule has 6 heteroatoms. The first kappa shape index (κ1) is 20.3. The Morgan fingerprint density at radius 2 is 1.48 bits per heavy atom. The Bertz CT molecular complexity index is 745. The molecule has 2 rings (SSSR count). The SMILES string of the molecule is COc1ccc(C(C)NC(=O)C(NC(=O)Oc2ccccc2)C(C)C)cc1. The van der Waals surface area contributed by atoms with E-state index in [9.17, 15) is 9.59 Å². The maximum atomic E-state index is 12.7. The molecule has 144 valence electrons. The highest BCUT2D eigenvalue weighted by Gasteiger charge is 2.26. The second kappa shape index (κ2) is 9.62. The van der Waals surface area contributed by atoms with E-state index in [4.69, 9.17) is 9.47 Å². The van der Waals surface area contributed by atoms with Crippen molar-refractivity contribution in [1.29, 1.82) is 0 Å². The summed E-state index contributed by atoms with van der Waals surface area (Å²) in [4.78, 5) is 24.8. The van der Waals surface area contributed by atoms with E-state index in [1.54, 1.807) is 31.4 Å². The highest BCUT2D eigenvalue weighted by atomic mass is 16.6. The molecular formula is C21H26N2O4. The van der Waals surface area contributed by atoms with Crippen molar-refractivity contribution in [3.05, 3.63) is 60.2 Å². The largest absolute Gasteiger partial charge is 0.497 e. The molecule has 0 aliphatic rings. The molecule has 0 radical (unpaired) electrons. The second-order valence-corrected chi connectivity index (χ2v) is 6.57. The van der Waals surface area contributed by atoms with E-state index in [0.717, 1.165) is 11.3 Å². The first-order valence-corrected chi connectivity index (χ1v) is 8.88. The van der Waals surface area contributed by atoms with Crippen LogP contribution in [0.5, 0.6) is 11.5 Å². The molecule has 6 nitrogen and oxygen atoms in total. The molecule has 2 aromatic rings. The molecule has 0 spiro atoms. The van der Waals surface area contributed by atoms with Crippen molar-refractivity contribution in [3.8, 4) is 11.5 Å². The summed E-state index contributed by atoms with van der Waals surface area (Å²) >= 11 is 0. The van der Waals surface area contributed by atoms with Gasteiger partial charge in [-0.3, -0.25) is 4.79 Å². The molecular weight excluding hydrogens is 344 g/mol. The van der Waals surface area contributed by atoms with Gasteiger partial charge in [0, 0.05) is 0 Å². The molecule has 2 amide bonds. The molecule has 0 aromatic heterocycles. The lowest BCUT2D eigenvalue weighted by Gasteiger charge is -2.24. The van der Waals surface area contributed by atoms with Crippen LogP contribution in [0.2, 0.25) is 0 Å². The van der Waals surface area contributed by atoms with Crippen molar-refractivity contribution in [2.75, 3.05) is 7.11 Å². The van der Waals surface area contributed by atoms with Gasteiger partial charge < -0.3 is 20.1 Å². The van der Waals surface area contributed by atoms with Crippen LogP contribution in [0, 0.1) is 5.92 Å². The number of carbonyl (C=O) groups excluding carboxylic acids is 2. The van der Waals surface area contributed by atoms with Crippen molar-refractivity contribution in [2.24, 2.45) is 5.92 Å². The number of benzene rings is 2. The smallest absolute Gasteiger partial charge is 0.413 e. The summed E-state index contributed by atoms with van der Waals surface area (Å²) in [7, 11) is 1.60. The molecule has 0 heterocycles. The molecule has 0 saturated carbocycles. The maximum Gasteiger partial charge on any atom is 0.413 e. The van der Waals surface area contributed by atoms with Crippen molar-refractivity contribution in [2.45, 2.75) is 32.9 Å². The zero-order chi connectivity index (χ0) is 19.8. The lowest BCUT2D eigenvalue weighted by Crippen LogP contribution is -2.50. The third kappa shape index (κ3) is 6.02. The van der Waals surface area contributed by atoms with Gasteiger partial charge >= 0.3 is 6.09 Å². The molecule has 2 aromatic carbocycles. The van der Waals surface area contributed by atoms with Crippen molar-refractivity contribution >= 4 is 12.0 Å². The minimum atomic E-state index is -0.707. The number of methoxy groups -OCH3 is 1. The Morgan fingerprint density at radius 1 is 0.852 bits per heavy atom. The van der Waals surface area contributed by atoms with Gasteiger partial charge in [-0.25, -0.2) is 4.79 Å². The number of hydrogen-bond acceptors (Lipinski definition) is 4. The summed E-state index contributed by atoms with van der Waals surface area (Å²) < 4.78 is 10.4. The average Bonchev–Trinajstić information content (AvgIpc) is 2.66. The van der Waals surface area contributed by atoms with Gasteiger partial charge in [0.05, 0.1) is 13.2 Å². The molecule has 0 saturated heterocycles. The minimum absolute atomic E-state index is 0.101. The number of amides is 2. The van der Waals surface area contributed by atoms with E-state index in [1.807, 2.05) is 51.1 Å². The van der Waals surface area contributed by atoms with Gasteiger partial charge in [0.25, 0.3) is 0 Å². The molecule has 27 heavy (non-hydrogen) atoms. The number of para-hydroxylation sites is 1. The highest BCUT2D eigenvalue weighted by molar-refractivity contribution is 5.86. The van der Waals surface area contributed by atoms with Gasteiger partial charge in [-0.1, -0.05) is 44.2 Å². The summed E-state index contributed by atoms with van der Waals surface area (Å²) in [5.74, 6) is 0.807. The van der Waals surface area contributed by atoms with E-state index in [2.05, 4.69) is 10.6 Å². The van der Waals surface area contributed by atoms with Gasteiger partial charge in [0.2, 0.25) is 5.91 Å². The first-order chi connectivity index (χ1) is 12.9. The minimum Gasteiger partial charge on any atom is -0.497 e. The number of rotatable bonds is 7. The molecule has 2 N–H and O–H groups in total. The fraction of sp³-hybridized carbons (Fsp3) is 0.333. The van der Waals surface area contributed by atoms with Crippen LogP contribution in [0.25, 0.3) is 0 Å². The molecule has 0 fully saturated rings. The Balaban J connectivity index is 1.97. The predicted molar refractivity (Wildman–Crippen MR) is 104 cm³/mol. The lowest BCUT2D eigenvalue weighted by atomic mass is 10.0. The van der Waals surface area contributed by atoms with Crippen molar-refractivity contribution in [3.63, 3.8) is 0 Å². The van der Waals surface area contributed by atoms with E-state index in [1.165, 1.54) is 0 Å². The maximum absolute atomic E-state index is 12.7. The third-order valence-electron chi connectivity index (χ3n) is 4.15. The zero-order valence-electron chi connectivity index (χ0n) is 16.1. The van der Waals surface area contributed by atoms with Gasteiger partial charge in [-0.15, -0.1) is 0 Å². The van der Waals surface area contributed by atoms with E-state index < -0.39 is 12.1 Å². The molecule has 2 unspecified atom stereocenters. The lowest BCUT2D eigenvalue weighted by molar-refractivity contribution is -0.124. The summed E-state index contributed by atoms with van der Waals surface area (Å²) in [6, 6.07) is 15.3. The summed E-state index contributed by atoms with van der Waals surface area (Å²) in [6.45, 7) is 5.62. The van der Waals surface area contributed by atoms with Crippen molar-refractivity contribution < 1.29 is 19.1 Å². The van der Waals surface area contributed by atoms with Gasteiger partial charge in [-0.05, 0) is 42.7 Å². The van der Waals surface area contributed by atoms with Crippen LogP contribution in [0.15, 0.2) is 54.6 Å². The van der Waals surface area contributed by atoms with Crippen LogP contribution in [-0.2, 0) is 4.79 Å². The second-order valence-electron chi connectivity index (χ2n) is 6.57. The van der Waals surface area contributed by atoms with E-state index in [0.29, 0.717) is 5.75 Å². The monoisotopic (exact) mass is 370 g/mol. The van der Waals surface area contributed by atoms with Crippen LogP contribution in [0.4, 0.5) is 4.79 Å². The molecule has 0 bridgehead atoms. The van der Waals surface area contributed by atoms with Crippen LogP contribution in [-0.4, -0.2) is 25.2 Å². The highest BCUT2D eigenvalue weighted by Crippen LogP contribution is 2.18. The average molecular weight is 370 g/mol. The van der Waals surface area contributed by atoms with Gasteiger partial charge in [-0.2, -0.15) is 0 Å². The van der Waals surface area contributed by atoms with Crippen LogP contribution < -0.4 is 20.1 Å². The Labute approximate surface area is 159 Å². The summed E-state index contributed by atoms with van der Waals surface area (Å²) in [5.41, 5.74) is 0.943. The normalized spacial score (nSPS) is 12.8. The van der Waals surface area contributed by atoms with Crippen LogP contribution in [0.1, 0.15) is 32.4 Å². The standard InChI is InChI=1S/C21H26N2O4/c1-14(2)19(23-21(25)27-18-8-6-5-7-9-18)20(24)22-15(3)16-10-12-17(26-4)13-11-16/h5-15,19H,1-4H3,(H,22,24)(H,23,25). The number of hydrogen-bond donors (Lipinski definition) is 2. The van der Waals surface area contributed by atoms with Gasteiger partial charge in [0.15, 0.2) is 0 Å². The number of nitrogens with one attached hydrogen (secondary N) is 2. The fourth-order valence-electron chi connectivity index (χ4n) is 2.57. The topological polar surface area (TPSA) is 76.7 Å². The molecule has 0 aliphatic carbocycles. The Kier molecular flexibility index (Phi) is 7.23. The van der Waals surface area contributed by atoms with Crippen LogP contribution in [0.3, 0.4) is 0 Å². The summed E-state index contributed by atoms with van der Waals surface area (Å²) in [6.07, 6.45) is -0.660. The predicted octanol–water partition coefficient (Wildman–Crippen LogP) is 3.69.